The molecule has 0 saturated heterocycles. The van der Waals surface area contributed by atoms with E-state index in [0.29, 0.717) is 17.7 Å². The summed E-state index contributed by atoms with van der Waals surface area (Å²) in [5.41, 5.74) is 6.13. The predicted molar refractivity (Wildman–Crippen MR) is 124 cm³/mol. The third kappa shape index (κ3) is 6.29. The van der Waals surface area contributed by atoms with E-state index in [1.807, 2.05) is 38.4 Å². The first-order chi connectivity index (χ1) is 15.3. The van der Waals surface area contributed by atoms with Crippen LogP contribution in [0.5, 0.6) is 5.75 Å². The van der Waals surface area contributed by atoms with Gasteiger partial charge in [-0.3, -0.25) is 14.4 Å². The minimum atomic E-state index is -0.536. The van der Waals surface area contributed by atoms with Gasteiger partial charge in [-0.25, -0.2) is 0 Å². The molecule has 0 spiro atoms. The molecule has 166 valence electrons. The number of ether oxygens (including phenoxy) is 1. The molecule has 32 heavy (non-hydrogen) atoms. The molecular weight excluding hydrogens is 408 g/mol. The number of nitrogens with two attached hydrogens (primary N) is 1. The fourth-order valence-electron chi connectivity index (χ4n) is 3.00. The lowest BCUT2D eigenvalue weighted by Gasteiger charge is -2.10. The van der Waals surface area contributed by atoms with Crippen LogP contribution in [0, 0.1) is 0 Å². The summed E-state index contributed by atoms with van der Waals surface area (Å²) in [6.45, 7) is 1.57. The Balaban J connectivity index is 1.79. The van der Waals surface area contributed by atoms with Crippen LogP contribution in [-0.4, -0.2) is 48.0 Å². The number of amides is 1. The third-order valence-electron chi connectivity index (χ3n) is 4.70. The molecule has 2 aromatic carbocycles. The van der Waals surface area contributed by atoms with Gasteiger partial charge in [0.15, 0.2) is 0 Å². The van der Waals surface area contributed by atoms with Gasteiger partial charge in [-0.2, -0.15) is 0 Å². The van der Waals surface area contributed by atoms with Gasteiger partial charge in [-0.05, 0) is 68.1 Å². The quantitative estimate of drug-likeness (QED) is 0.436. The van der Waals surface area contributed by atoms with Gasteiger partial charge in [-0.1, -0.05) is 24.3 Å². The fraction of sp³-hybridized carbons (Fsp3) is 0.208. The Morgan fingerprint density at radius 3 is 1.88 bits per heavy atom. The van der Waals surface area contributed by atoms with Crippen molar-refractivity contribution in [3.05, 3.63) is 96.6 Å². The maximum absolute atomic E-state index is 12.5. The highest BCUT2D eigenvalue weighted by atomic mass is 16.5. The van der Waals surface area contributed by atoms with Crippen LogP contribution in [0.4, 0.5) is 0 Å². The lowest BCUT2D eigenvalue weighted by Crippen LogP contribution is -2.46. The molecule has 4 N–H and O–H groups in total. The number of hydrogen-bond acceptors (Lipinski definition) is 5. The topological polar surface area (TPSA) is 121 Å². The smallest absolute Gasteiger partial charge is 0.272 e. The maximum Gasteiger partial charge on any atom is 0.272 e. The zero-order chi connectivity index (χ0) is 23.1. The normalized spacial score (nSPS) is 12.3. The first-order valence-corrected chi connectivity index (χ1v) is 10.2. The summed E-state index contributed by atoms with van der Waals surface area (Å²) >= 11 is 0. The number of hydrogen-bond donors (Lipinski definition) is 3. The summed E-state index contributed by atoms with van der Waals surface area (Å²) in [6, 6.07) is 13.7. The molecule has 3 rings (SSSR count). The number of nitrogens with one attached hydrogen (secondary N) is 2. The van der Waals surface area contributed by atoms with Crippen molar-refractivity contribution in [1.82, 2.24) is 14.9 Å². The van der Waals surface area contributed by atoms with E-state index < -0.39 is 17.0 Å². The van der Waals surface area contributed by atoms with Crippen molar-refractivity contribution in [3.63, 3.8) is 0 Å². The molecule has 0 fully saturated rings. The number of aromatic nitrogens is 2. The molecule has 0 aliphatic rings. The van der Waals surface area contributed by atoms with Crippen molar-refractivity contribution >= 4 is 18.1 Å². The molecule has 8 nitrogen and oxygen atoms in total. The lowest BCUT2D eigenvalue weighted by molar-refractivity contribution is 0.100. The fourth-order valence-corrected chi connectivity index (χ4v) is 3.00. The van der Waals surface area contributed by atoms with E-state index in [2.05, 4.69) is 14.9 Å². The van der Waals surface area contributed by atoms with Crippen LogP contribution in [-0.2, 0) is 0 Å². The second kappa shape index (κ2) is 10.4. The summed E-state index contributed by atoms with van der Waals surface area (Å²) in [6.07, 6.45) is 4.05. The van der Waals surface area contributed by atoms with Gasteiger partial charge in [-0.15, -0.1) is 0 Å². The van der Waals surface area contributed by atoms with Gasteiger partial charge >= 0.3 is 0 Å². The van der Waals surface area contributed by atoms with Crippen molar-refractivity contribution < 1.29 is 9.53 Å². The molecule has 0 radical (unpaired) electrons. The molecule has 0 aliphatic heterocycles. The van der Waals surface area contributed by atoms with Gasteiger partial charge in [0, 0.05) is 12.1 Å². The first-order valence-electron chi connectivity index (χ1n) is 10.2. The van der Waals surface area contributed by atoms with Gasteiger partial charge in [0.1, 0.15) is 16.4 Å². The number of rotatable bonds is 8. The highest BCUT2D eigenvalue weighted by molar-refractivity contribution is 5.92. The van der Waals surface area contributed by atoms with Crippen LogP contribution in [0.2, 0.25) is 0 Å². The number of nitrogens with zero attached hydrogens (tertiary/aromatic N) is 1. The minimum Gasteiger partial charge on any atom is -0.494 e. The van der Waals surface area contributed by atoms with Crippen LogP contribution in [0.1, 0.15) is 27.9 Å². The largest absolute Gasteiger partial charge is 0.494 e. The first kappa shape index (κ1) is 22.8. The zero-order valence-corrected chi connectivity index (χ0v) is 18.1. The standard InChI is InChI=1S/C24H26N4O4/c1-28(2)12-3-13-32-19-10-6-17(7-11-19)15-21-24(31)26-20(23(30)27-21)14-16-4-8-18(9-5-16)22(25)29/h4-11,14-15H,3,12-13H2,1-2H3,(H2,25,29)(H,26,31)(H,27,30). The molecule has 1 heterocycles. The summed E-state index contributed by atoms with van der Waals surface area (Å²) in [5, 5.41) is 0.260. The van der Waals surface area contributed by atoms with Crippen molar-refractivity contribution in [2.24, 2.45) is 5.73 Å². The van der Waals surface area contributed by atoms with Crippen LogP contribution in [0.3, 0.4) is 0 Å². The number of carbonyl (C=O) groups excluding carboxylic acids is 1. The van der Waals surface area contributed by atoms with Crippen molar-refractivity contribution in [2.45, 2.75) is 6.42 Å². The Morgan fingerprint density at radius 2 is 1.41 bits per heavy atom. The van der Waals surface area contributed by atoms with Gasteiger partial charge < -0.3 is 25.3 Å². The summed E-state index contributed by atoms with van der Waals surface area (Å²) < 4.78 is 5.70. The average molecular weight is 434 g/mol. The summed E-state index contributed by atoms with van der Waals surface area (Å²) in [5.74, 6) is 0.210. The van der Waals surface area contributed by atoms with Gasteiger partial charge in [0.05, 0.1) is 6.61 Å². The number of carbonyl (C=O) groups is 1. The summed E-state index contributed by atoms with van der Waals surface area (Å²) in [4.78, 5) is 43.4. The molecule has 0 bridgehead atoms. The molecule has 0 saturated carbocycles. The molecule has 0 unspecified atom stereocenters. The highest BCUT2D eigenvalue weighted by Crippen LogP contribution is 2.12. The second-order valence-electron chi connectivity index (χ2n) is 7.58. The predicted octanol–water partition coefficient (Wildman–Crippen LogP) is 0.150. The number of primary amides is 1. The van der Waals surface area contributed by atoms with Crippen LogP contribution < -0.4 is 32.3 Å². The van der Waals surface area contributed by atoms with Gasteiger partial charge in [0.25, 0.3) is 11.1 Å². The Labute approximate surface area is 184 Å². The van der Waals surface area contributed by atoms with E-state index in [1.54, 1.807) is 30.3 Å². The van der Waals surface area contributed by atoms with E-state index in [4.69, 9.17) is 10.5 Å². The molecule has 8 heteroatoms. The number of H-pyrrole nitrogens is 2. The number of benzene rings is 2. The molecule has 3 aromatic rings. The Morgan fingerprint density at radius 1 is 0.906 bits per heavy atom. The molecule has 1 amide bonds. The maximum atomic E-state index is 12.5. The van der Waals surface area contributed by atoms with E-state index in [1.165, 1.54) is 6.08 Å². The Kier molecular flexibility index (Phi) is 7.41. The zero-order valence-electron chi connectivity index (χ0n) is 18.1. The molecular formula is C24H26N4O4. The monoisotopic (exact) mass is 434 g/mol. The van der Waals surface area contributed by atoms with Crippen molar-refractivity contribution in [3.8, 4) is 5.75 Å². The van der Waals surface area contributed by atoms with E-state index in [-0.39, 0.29) is 10.7 Å². The highest BCUT2D eigenvalue weighted by Gasteiger charge is 2.01. The second-order valence-corrected chi connectivity index (χ2v) is 7.58. The Bertz CT molecular complexity index is 1300. The summed E-state index contributed by atoms with van der Waals surface area (Å²) in [7, 11) is 4.04. The third-order valence-corrected chi connectivity index (χ3v) is 4.70. The van der Waals surface area contributed by atoms with E-state index >= 15 is 0 Å². The Hall–Kier alpha value is -3.91. The molecule has 0 aliphatic carbocycles. The van der Waals surface area contributed by atoms with E-state index in [9.17, 15) is 14.4 Å². The SMILES string of the molecule is CN(C)CCCOc1ccc(C=c2[nH]c(=O)c(=Cc3ccc(C(N)=O)cc3)[nH]c2=O)cc1. The van der Waals surface area contributed by atoms with Crippen molar-refractivity contribution in [1.29, 1.82) is 0 Å². The van der Waals surface area contributed by atoms with Gasteiger partial charge in [0.2, 0.25) is 5.91 Å². The van der Waals surface area contributed by atoms with Crippen LogP contribution >= 0.6 is 0 Å². The van der Waals surface area contributed by atoms with Crippen LogP contribution in [0.25, 0.3) is 12.2 Å². The molecule has 1 aromatic heterocycles. The molecule has 0 atom stereocenters. The number of aromatic amines is 2. The minimum absolute atomic E-state index is 0.112. The lowest BCUT2D eigenvalue weighted by atomic mass is 10.1. The van der Waals surface area contributed by atoms with E-state index in [0.717, 1.165) is 24.3 Å². The van der Waals surface area contributed by atoms with Crippen molar-refractivity contribution in [2.75, 3.05) is 27.2 Å². The average Bonchev–Trinajstić information content (AvgIpc) is 2.76. The van der Waals surface area contributed by atoms with Crippen LogP contribution in [0.15, 0.2) is 58.1 Å².